The van der Waals surface area contributed by atoms with Gasteiger partial charge in [0.2, 0.25) is 5.91 Å². The number of nitrogens with zero attached hydrogens (tertiary/aromatic N) is 2. The number of amides is 1. The molecule has 3 rings (SSSR count). The molecular formula is C20H21FN4O2. The Bertz CT molecular complexity index is 925. The molecule has 2 heterocycles. The minimum absolute atomic E-state index is 0.109. The number of pyridine rings is 1. The first-order valence-corrected chi connectivity index (χ1v) is 8.67. The molecule has 3 aromatic rings. The number of aromatic amines is 1. The van der Waals surface area contributed by atoms with Crippen molar-refractivity contribution in [1.82, 2.24) is 20.3 Å². The highest BCUT2D eigenvalue weighted by Crippen LogP contribution is 2.29. The van der Waals surface area contributed by atoms with Crippen molar-refractivity contribution >= 4 is 5.91 Å². The summed E-state index contributed by atoms with van der Waals surface area (Å²) in [6, 6.07) is 11.6. The maximum Gasteiger partial charge on any atom is 0.249 e. The molecule has 0 saturated heterocycles. The van der Waals surface area contributed by atoms with Crippen LogP contribution >= 0.6 is 0 Å². The predicted octanol–water partition coefficient (Wildman–Crippen LogP) is 2.91. The average Bonchev–Trinajstić information content (AvgIpc) is 3.10. The summed E-state index contributed by atoms with van der Waals surface area (Å²) in [6.45, 7) is 3.63. The van der Waals surface area contributed by atoms with Crippen molar-refractivity contribution in [3.8, 4) is 22.6 Å². The largest absolute Gasteiger partial charge is 0.383 e. The molecule has 1 amide bonds. The minimum Gasteiger partial charge on any atom is -0.383 e. The van der Waals surface area contributed by atoms with E-state index >= 15 is 0 Å². The van der Waals surface area contributed by atoms with Crippen LogP contribution in [0.3, 0.4) is 0 Å². The zero-order valence-corrected chi connectivity index (χ0v) is 15.1. The van der Waals surface area contributed by atoms with Crippen LogP contribution in [0.25, 0.3) is 22.6 Å². The number of aliphatic hydroxyl groups excluding tert-OH is 1. The summed E-state index contributed by atoms with van der Waals surface area (Å²) in [7, 11) is 0. The van der Waals surface area contributed by atoms with Crippen LogP contribution in [0.4, 0.5) is 4.39 Å². The quantitative estimate of drug-likeness (QED) is 0.624. The maximum absolute atomic E-state index is 13.7. The van der Waals surface area contributed by atoms with Crippen molar-refractivity contribution in [3.05, 3.63) is 60.3 Å². The van der Waals surface area contributed by atoms with Gasteiger partial charge in [-0.05, 0) is 30.2 Å². The third-order valence-electron chi connectivity index (χ3n) is 4.10. The van der Waals surface area contributed by atoms with Gasteiger partial charge in [-0.3, -0.25) is 9.78 Å². The van der Waals surface area contributed by atoms with Gasteiger partial charge in [0.25, 0.3) is 0 Å². The highest BCUT2D eigenvalue weighted by Gasteiger charge is 2.20. The molecule has 0 radical (unpaired) electrons. The fraction of sp³-hybridized carbons (Fsp3) is 0.250. The number of aliphatic hydroxyl groups is 1. The summed E-state index contributed by atoms with van der Waals surface area (Å²) in [4.78, 5) is 24.0. The minimum atomic E-state index is -1.09. The van der Waals surface area contributed by atoms with Crippen LogP contribution in [0.1, 0.15) is 19.7 Å². The number of nitrogens with one attached hydrogen (secondary N) is 2. The Kier molecular flexibility index (Phi) is 5.61. The number of carbonyl (C=O) groups is 1. The van der Waals surface area contributed by atoms with E-state index in [-0.39, 0.29) is 18.3 Å². The summed E-state index contributed by atoms with van der Waals surface area (Å²) in [6.07, 6.45) is 0.573. The number of aromatic nitrogens is 3. The van der Waals surface area contributed by atoms with Crippen molar-refractivity contribution in [2.75, 3.05) is 0 Å². The lowest BCUT2D eigenvalue weighted by Crippen LogP contribution is -2.37. The number of benzene rings is 1. The van der Waals surface area contributed by atoms with E-state index in [1.165, 1.54) is 12.1 Å². The first-order chi connectivity index (χ1) is 13.0. The van der Waals surface area contributed by atoms with Crippen LogP contribution in [0.2, 0.25) is 0 Å². The Balaban J connectivity index is 1.92. The van der Waals surface area contributed by atoms with E-state index in [1.54, 1.807) is 38.2 Å². The van der Waals surface area contributed by atoms with Gasteiger partial charge < -0.3 is 15.4 Å². The summed E-state index contributed by atoms with van der Waals surface area (Å²) < 4.78 is 13.7. The van der Waals surface area contributed by atoms with Gasteiger partial charge in [-0.25, -0.2) is 9.37 Å². The number of hydrogen-bond donors (Lipinski definition) is 3. The Hall–Kier alpha value is -3.06. The number of carbonyl (C=O) groups excluding carboxylic acids is 1. The summed E-state index contributed by atoms with van der Waals surface area (Å²) in [5.74, 6) is -0.529. The first-order valence-electron chi connectivity index (χ1n) is 8.67. The van der Waals surface area contributed by atoms with E-state index < -0.39 is 12.0 Å². The van der Waals surface area contributed by atoms with Crippen LogP contribution < -0.4 is 5.32 Å². The van der Waals surface area contributed by atoms with Gasteiger partial charge in [-0.15, -0.1) is 0 Å². The van der Waals surface area contributed by atoms with Crippen LogP contribution in [0.15, 0.2) is 48.7 Å². The lowest BCUT2D eigenvalue weighted by molar-refractivity contribution is -0.131. The molecule has 140 valence electrons. The van der Waals surface area contributed by atoms with Crippen molar-refractivity contribution < 1.29 is 14.3 Å². The van der Waals surface area contributed by atoms with Gasteiger partial charge in [-0.1, -0.05) is 32.0 Å². The van der Waals surface area contributed by atoms with Gasteiger partial charge >= 0.3 is 0 Å². The Labute approximate surface area is 156 Å². The van der Waals surface area contributed by atoms with E-state index in [0.717, 1.165) is 0 Å². The van der Waals surface area contributed by atoms with Gasteiger partial charge in [0, 0.05) is 11.8 Å². The van der Waals surface area contributed by atoms with Gasteiger partial charge in [0.05, 0.1) is 23.6 Å². The number of rotatable bonds is 6. The van der Waals surface area contributed by atoms with Crippen molar-refractivity contribution in [3.63, 3.8) is 0 Å². The summed E-state index contributed by atoms with van der Waals surface area (Å²) >= 11 is 0. The topological polar surface area (TPSA) is 90.9 Å². The Morgan fingerprint density at radius 1 is 1.26 bits per heavy atom. The van der Waals surface area contributed by atoms with Gasteiger partial charge in [0.15, 0.2) is 0 Å². The molecule has 7 heteroatoms. The van der Waals surface area contributed by atoms with Gasteiger partial charge in [-0.2, -0.15) is 0 Å². The molecule has 0 aliphatic rings. The van der Waals surface area contributed by atoms with Crippen LogP contribution in [-0.4, -0.2) is 32.1 Å². The molecule has 2 aromatic heterocycles. The lowest BCUT2D eigenvalue weighted by Gasteiger charge is -2.13. The van der Waals surface area contributed by atoms with E-state index in [9.17, 15) is 14.3 Å². The SMILES string of the molecule is CC(C)C(O)C(=O)NCc1nc(-c2cccc(F)c2)c(-c2ccccn2)[nH]1. The Morgan fingerprint density at radius 2 is 2.07 bits per heavy atom. The van der Waals surface area contributed by atoms with E-state index in [2.05, 4.69) is 20.3 Å². The highest BCUT2D eigenvalue weighted by molar-refractivity contribution is 5.81. The molecule has 1 aromatic carbocycles. The molecule has 0 spiro atoms. The predicted molar refractivity (Wildman–Crippen MR) is 99.9 cm³/mol. The molecule has 1 atom stereocenters. The molecule has 3 N–H and O–H groups in total. The normalized spacial score (nSPS) is 12.2. The number of imidazole rings is 1. The average molecular weight is 368 g/mol. The fourth-order valence-corrected chi connectivity index (χ4v) is 2.62. The number of hydrogen-bond acceptors (Lipinski definition) is 4. The summed E-state index contributed by atoms with van der Waals surface area (Å²) in [5, 5.41) is 12.5. The number of H-pyrrole nitrogens is 1. The zero-order chi connectivity index (χ0) is 19.4. The van der Waals surface area contributed by atoms with E-state index in [4.69, 9.17) is 0 Å². The second-order valence-electron chi connectivity index (χ2n) is 6.54. The standard InChI is InChI=1S/C20H21FN4O2/c1-12(2)19(26)20(27)23-11-16-24-17(13-6-5-7-14(21)10-13)18(25-16)15-8-3-4-9-22-15/h3-10,12,19,26H,11H2,1-2H3,(H,23,27)(H,24,25). The molecular weight excluding hydrogens is 347 g/mol. The second kappa shape index (κ2) is 8.09. The first kappa shape index (κ1) is 18.7. The Morgan fingerprint density at radius 3 is 2.74 bits per heavy atom. The van der Waals surface area contributed by atoms with Crippen molar-refractivity contribution in [2.24, 2.45) is 5.92 Å². The monoisotopic (exact) mass is 368 g/mol. The summed E-state index contributed by atoms with van der Waals surface area (Å²) in [5.41, 5.74) is 2.44. The molecule has 0 aliphatic heterocycles. The fourth-order valence-electron chi connectivity index (χ4n) is 2.62. The number of halogens is 1. The molecule has 0 aliphatic carbocycles. The third-order valence-corrected chi connectivity index (χ3v) is 4.10. The molecule has 6 nitrogen and oxygen atoms in total. The molecule has 27 heavy (non-hydrogen) atoms. The van der Waals surface area contributed by atoms with E-state index in [1.807, 2.05) is 12.1 Å². The van der Waals surface area contributed by atoms with Crippen LogP contribution in [-0.2, 0) is 11.3 Å². The molecule has 0 saturated carbocycles. The van der Waals surface area contributed by atoms with Crippen LogP contribution in [0, 0.1) is 11.7 Å². The molecule has 0 fully saturated rings. The van der Waals surface area contributed by atoms with Crippen LogP contribution in [0.5, 0.6) is 0 Å². The van der Waals surface area contributed by atoms with Gasteiger partial charge in [0.1, 0.15) is 17.7 Å². The smallest absolute Gasteiger partial charge is 0.249 e. The maximum atomic E-state index is 13.7. The molecule has 1 unspecified atom stereocenters. The zero-order valence-electron chi connectivity index (χ0n) is 15.1. The van der Waals surface area contributed by atoms with E-state index in [0.29, 0.717) is 28.5 Å². The van der Waals surface area contributed by atoms with Crippen molar-refractivity contribution in [1.29, 1.82) is 0 Å². The second-order valence-corrected chi connectivity index (χ2v) is 6.54. The molecule has 0 bridgehead atoms. The van der Waals surface area contributed by atoms with Crippen molar-refractivity contribution in [2.45, 2.75) is 26.5 Å². The lowest BCUT2D eigenvalue weighted by atomic mass is 10.1. The highest BCUT2D eigenvalue weighted by atomic mass is 19.1. The third kappa shape index (κ3) is 4.38.